The Hall–Kier alpha value is -3.06. The van der Waals surface area contributed by atoms with Gasteiger partial charge in [0.15, 0.2) is 0 Å². The van der Waals surface area contributed by atoms with Crippen LogP contribution in [-0.2, 0) is 17.8 Å². The molecular weight excluding hydrogens is 404 g/mol. The van der Waals surface area contributed by atoms with Gasteiger partial charge in [0.25, 0.3) is 0 Å². The van der Waals surface area contributed by atoms with Crippen LogP contribution in [0.1, 0.15) is 31.9 Å². The maximum Gasteiger partial charge on any atom is 0.410 e. The second-order valence-electron chi connectivity index (χ2n) is 9.58. The minimum Gasteiger partial charge on any atom is -0.444 e. The lowest BCUT2D eigenvalue weighted by Crippen LogP contribution is -2.48. The Balaban J connectivity index is 1.60. The Morgan fingerprint density at radius 3 is 2.28 bits per heavy atom. The Kier molecular flexibility index (Phi) is 6.11. The molecule has 32 heavy (non-hydrogen) atoms. The van der Waals surface area contributed by atoms with Crippen LogP contribution in [0.25, 0.3) is 11.1 Å². The van der Waals surface area contributed by atoms with Crippen LogP contribution in [0.3, 0.4) is 0 Å². The number of ether oxygens (including phenoxy) is 1. The summed E-state index contributed by atoms with van der Waals surface area (Å²) in [6, 6.07) is 14.0. The minimum atomic E-state index is -0.546. The van der Waals surface area contributed by atoms with E-state index in [0.717, 1.165) is 41.0 Å². The van der Waals surface area contributed by atoms with E-state index in [0.29, 0.717) is 26.2 Å². The molecule has 2 aliphatic heterocycles. The fraction of sp³-hybridized carbons (Fsp3) is 0.440. The molecule has 0 bridgehead atoms. The third-order valence-electron chi connectivity index (χ3n) is 5.83. The zero-order valence-electron chi connectivity index (χ0n) is 19.4. The number of carbonyl (C=O) groups is 2. The van der Waals surface area contributed by atoms with Crippen molar-refractivity contribution in [1.29, 1.82) is 0 Å². The Bertz CT molecular complexity index is 992. The second kappa shape index (κ2) is 8.82. The summed E-state index contributed by atoms with van der Waals surface area (Å²) in [4.78, 5) is 31.3. The normalized spacial score (nSPS) is 16.6. The number of likely N-dealkylation sites (N-methyl/N-ethyl adjacent to an activating group) is 1. The third-order valence-corrected chi connectivity index (χ3v) is 5.83. The van der Waals surface area contributed by atoms with Crippen LogP contribution in [-0.4, -0.2) is 65.7 Å². The molecule has 2 aromatic rings. The third kappa shape index (κ3) is 5.05. The molecule has 7 heteroatoms. The van der Waals surface area contributed by atoms with Crippen molar-refractivity contribution in [3.8, 4) is 11.1 Å². The lowest BCUT2D eigenvalue weighted by atomic mass is 9.96. The molecule has 2 heterocycles. The fourth-order valence-corrected chi connectivity index (χ4v) is 4.13. The average molecular weight is 437 g/mol. The number of hydrogen-bond donors (Lipinski definition) is 1. The summed E-state index contributed by atoms with van der Waals surface area (Å²) in [6.45, 7) is 9.73. The minimum absolute atomic E-state index is 0.0842. The van der Waals surface area contributed by atoms with E-state index >= 15 is 0 Å². The van der Waals surface area contributed by atoms with E-state index in [9.17, 15) is 9.59 Å². The Labute approximate surface area is 189 Å². The molecule has 2 aromatic carbocycles. The van der Waals surface area contributed by atoms with Crippen LogP contribution in [0.5, 0.6) is 0 Å². The van der Waals surface area contributed by atoms with Crippen LogP contribution >= 0.6 is 0 Å². The van der Waals surface area contributed by atoms with Gasteiger partial charge in [-0.2, -0.15) is 0 Å². The number of benzene rings is 2. The van der Waals surface area contributed by atoms with E-state index in [1.807, 2.05) is 56.0 Å². The van der Waals surface area contributed by atoms with Crippen LogP contribution in [0.4, 0.5) is 15.3 Å². The molecule has 0 radical (unpaired) electrons. The second-order valence-corrected chi connectivity index (χ2v) is 9.58. The van der Waals surface area contributed by atoms with Gasteiger partial charge in [-0.3, -0.25) is 4.90 Å². The molecule has 3 amide bonds. The number of piperazine rings is 1. The van der Waals surface area contributed by atoms with Crippen LogP contribution in [0.15, 0.2) is 42.5 Å². The molecule has 4 rings (SSSR count). The highest BCUT2D eigenvalue weighted by Gasteiger charge is 2.30. The zero-order chi connectivity index (χ0) is 22.9. The highest BCUT2D eigenvalue weighted by atomic mass is 16.6. The lowest BCUT2D eigenvalue weighted by molar-refractivity contribution is 0.0242. The summed E-state index contributed by atoms with van der Waals surface area (Å²) in [5.74, 6) is 0. The number of nitrogens with one attached hydrogen (secondary N) is 1. The molecule has 0 aromatic heterocycles. The van der Waals surface area contributed by atoms with E-state index in [2.05, 4.69) is 29.4 Å². The van der Waals surface area contributed by atoms with Gasteiger partial charge in [0.1, 0.15) is 5.60 Å². The van der Waals surface area contributed by atoms with Crippen molar-refractivity contribution < 1.29 is 14.3 Å². The largest absolute Gasteiger partial charge is 0.444 e. The van der Waals surface area contributed by atoms with Crippen molar-refractivity contribution in [3.63, 3.8) is 0 Å². The first kappa shape index (κ1) is 22.1. The molecular formula is C25H32N4O3. The van der Waals surface area contributed by atoms with Crippen molar-refractivity contribution in [1.82, 2.24) is 14.7 Å². The average Bonchev–Trinajstić information content (AvgIpc) is 3.17. The summed E-state index contributed by atoms with van der Waals surface area (Å²) in [7, 11) is 2.07. The number of rotatable bonds is 2. The molecule has 0 aliphatic carbocycles. The van der Waals surface area contributed by atoms with Gasteiger partial charge in [-0.25, -0.2) is 9.59 Å². The molecule has 0 spiro atoms. The molecule has 0 atom stereocenters. The van der Waals surface area contributed by atoms with E-state index in [-0.39, 0.29) is 12.1 Å². The van der Waals surface area contributed by atoms with Gasteiger partial charge in [0, 0.05) is 38.4 Å². The smallest absolute Gasteiger partial charge is 0.410 e. The molecule has 170 valence electrons. The van der Waals surface area contributed by atoms with E-state index in [4.69, 9.17) is 4.74 Å². The number of amides is 3. The van der Waals surface area contributed by atoms with Crippen LogP contribution in [0, 0.1) is 0 Å². The Morgan fingerprint density at radius 1 is 0.938 bits per heavy atom. The van der Waals surface area contributed by atoms with E-state index < -0.39 is 5.60 Å². The van der Waals surface area contributed by atoms with Gasteiger partial charge in [-0.15, -0.1) is 0 Å². The van der Waals surface area contributed by atoms with Gasteiger partial charge in [-0.05, 0) is 62.2 Å². The van der Waals surface area contributed by atoms with Crippen molar-refractivity contribution >= 4 is 17.8 Å². The maximum atomic E-state index is 12.9. The standard InChI is InChI=1S/C25H32N4O3/c1-25(2,3)32-24(31)29-16-19-14-20(26-23(30)28-12-10-27(4)11-13-28)15-21(22(19)17-29)18-8-6-5-7-9-18/h5-9,14-15H,10-13,16-17H2,1-4H3,(H,26,30). The topological polar surface area (TPSA) is 65.1 Å². The molecule has 1 saturated heterocycles. The van der Waals surface area contributed by atoms with Gasteiger partial charge in [-0.1, -0.05) is 30.3 Å². The van der Waals surface area contributed by atoms with Crippen molar-refractivity contribution in [2.45, 2.75) is 39.5 Å². The SMILES string of the molecule is CN1CCN(C(=O)Nc2cc3c(c(-c4ccccc4)c2)CN(C(=O)OC(C)(C)C)C3)CC1. The number of hydrogen-bond acceptors (Lipinski definition) is 4. The highest BCUT2D eigenvalue weighted by Crippen LogP contribution is 2.36. The van der Waals surface area contributed by atoms with Crippen LogP contribution in [0.2, 0.25) is 0 Å². The van der Waals surface area contributed by atoms with Crippen molar-refractivity contribution in [2.24, 2.45) is 0 Å². The van der Waals surface area contributed by atoms with Crippen molar-refractivity contribution in [2.75, 3.05) is 38.5 Å². The molecule has 1 N–H and O–H groups in total. The first-order valence-corrected chi connectivity index (χ1v) is 11.1. The predicted molar refractivity (Wildman–Crippen MR) is 125 cm³/mol. The summed E-state index contributed by atoms with van der Waals surface area (Å²) in [5.41, 5.74) is 4.42. The quantitative estimate of drug-likeness (QED) is 0.759. The monoisotopic (exact) mass is 436 g/mol. The van der Waals surface area contributed by atoms with Gasteiger partial charge >= 0.3 is 12.1 Å². The Morgan fingerprint density at radius 2 is 1.62 bits per heavy atom. The zero-order valence-corrected chi connectivity index (χ0v) is 19.4. The molecule has 7 nitrogen and oxygen atoms in total. The van der Waals surface area contributed by atoms with Crippen molar-refractivity contribution in [3.05, 3.63) is 53.6 Å². The summed E-state index contributed by atoms with van der Waals surface area (Å²) in [6.07, 6.45) is -0.323. The number of carbonyl (C=O) groups excluding carboxylic acids is 2. The molecule has 2 aliphatic rings. The van der Waals surface area contributed by atoms with Gasteiger partial charge in [0.05, 0.1) is 6.54 Å². The molecule has 0 unspecified atom stereocenters. The lowest BCUT2D eigenvalue weighted by Gasteiger charge is -2.32. The number of fused-ring (bicyclic) bond motifs is 1. The van der Waals surface area contributed by atoms with E-state index in [1.165, 1.54) is 0 Å². The van der Waals surface area contributed by atoms with E-state index in [1.54, 1.807) is 4.90 Å². The number of urea groups is 1. The van der Waals surface area contributed by atoms with Gasteiger partial charge in [0.2, 0.25) is 0 Å². The maximum absolute atomic E-state index is 12.9. The first-order valence-electron chi connectivity index (χ1n) is 11.1. The number of nitrogens with zero attached hydrogens (tertiary/aromatic N) is 3. The summed E-state index contributed by atoms with van der Waals surface area (Å²) < 4.78 is 5.59. The van der Waals surface area contributed by atoms with Gasteiger partial charge < -0.3 is 19.9 Å². The fourth-order valence-electron chi connectivity index (χ4n) is 4.13. The highest BCUT2D eigenvalue weighted by molar-refractivity contribution is 5.91. The summed E-state index contributed by atoms with van der Waals surface area (Å²) in [5, 5.41) is 3.08. The molecule has 1 fully saturated rings. The first-order chi connectivity index (χ1) is 15.2. The number of anilines is 1. The predicted octanol–water partition coefficient (Wildman–Crippen LogP) is 4.38. The summed E-state index contributed by atoms with van der Waals surface area (Å²) >= 11 is 0. The van der Waals surface area contributed by atoms with Crippen LogP contribution < -0.4 is 5.32 Å². The molecule has 0 saturated carbocycles.